The van der Waals surface area contributed by atoms with E-state index in [4.69, 9.17) is 47.4 Å². The van der Waals surface area contributed by atoms with Gasteiger partial charge in [-0.1, -0.05) is 71.9 Å². The van der Waals surface area contributed by atoms with E-state index in [-0.39, 0.29) is 38.1 Å². The molecule has 5 N–H and O–H groups in total. The fourth-order valence-electron chi connectivity index (χ4n) is 7.26. The molecule has 388 valence electrons. The molecule has 0 aromatic heterocycles. The Balaban J connectivity index is 0.00000493. The van der Waals surface area contributed by atoms with Crippen molar-refractivity contribution >= 4 is 12.4 Å². The van der Waals surface area contributed by atoms with Crippen LogP contribution < -0.4 is 5.32 Å². The van der Waals surface area contributed by atoms with Crippen LogP contribution >= 0.6 is 0 Å². The summed E-state index contributed by atoms with van der Waals surface area (Å²) in [6.45, 7) is 38.7. The number of carbonyl (C=O) groups is 2. The highest BCUT2D eigenvalue weighted by molar-refractivity contribution is 5.76. The van der Waals surface area contributed by atoms with Crippen molar-refractivity contribution < 1.29 is 72.6 Å². The zero-order chi connectivity index (χ0) is 51.4. The highest BCUT2D eigenvalue weighted by Crippen LogP contribution is 2.39. The van der Waals surface area contributed by atoms with Crippen LogP contribution in [0.25, 0.3) is 0 Å². The molecule has 3 aliphatic heterocycles. The number of amides is 1. The van der Waals surface area contributed by atoms with Crippen molar-refractivity contribution in [3.63, 3.8) is 0 Å². The van der Waals surface area contributed by atoms with Gasteiger partial charge in [0.1, 0.15) is 55.4 Å². The van der Waals surface area contributed by atoms with Crippen LogP contribution in [0.5, 0.6) is 0 Å². The number of rotatable bonds is 21. The van der Waals surface area contributed by atoms with E-state index in [2.05, 4.69) is 11.9 Å². The molecule has 16 nitrogen and oxygen atoms in total. The van der Waals surface area contributed by atoms with Crippen molar-refractivity contribution in [2.45, 2.75) is 233 Å². The van der Waals surface area contributed by atoms with Crippen molar-refractivity contribution in [2.75, 3.05) is 33.5 Å². The molecule has 3 aliphatic rings. The summed E-state index contributed by atoms with van der Waals surface area (Å²) in [4.78, 5) is 22.9. The van der Waals surface area contributed by atoms with Crippen LogP contribution in [0.2, 0.25) is 0 Å². The second-order valence-corrected chi connectivity index (χ2v) is 19.3. The number of aliphatic hydroxyl groups excluding tert-OH is 4. The molecule has 66 heavy (non-hydrogen) atoms. The van der Waals surface area contributed by atoms with Crippen molar-refractivity contribution in [1.82, 2.24) is 5.32 Å². The van der Waals surface area contributed by atoms with E-state index in [1.54, 1.807) is 60.7 Å². The smallest absolute Gasteiger partial charge is 0.338 e. The molecule has 0 aromatic rings. The highest BCUT2D eigenvalue weighted by atomic mass is 16.7. The summed E-state index contributed by atoms with van der Waals surface area (Å²) in [6.07, 6.45) is -6.46. The molecule has 3 heterocycles. The van der Waals surface area contributed by atoms with E-state index in [1.807, 2.05) is 89.2 Å². The number of allylic oxidation sites excluding steroid dienone is 3. The van der Waals surface area contributed by atoms with E-state index >= 15 is 0 Å². The first-order chi connectivity index (χ1) is 30.6. The molecule has 8 unspecified atom stereocenters. The van der Waals surface area contributed by atoms with Gasteiger partial charge >= 0.3 is 5.97 Å². The summed E-state index contributed by atoms with van der Waals surface area (Å²) in [5.41, 5.74) is -2.21. The average molecular weight is 948 g/mol. The molecular weight excluding hydrogens is 855 g/mol. The summed E-state index contributed by atoms with van der Waals surface area (Å²) in [6, 6.07) is 0. The molecular formula is C50H93NO15. The Kier molecular flexibility index (Phi) is 28.6. The standard InChI is InChI=1S/C44H76O14.C2H5NO.2C2H6/c1-16-28(18-17-25(2)3)24-52-40(49)37-36(32(46)34(48)39(55-37)44(14,15)56-27(6)7)57-41(8,9)19-20-53-43(12,13)38-33(47)31(45)35(58-42(10,11)26(4)5)29(54-38)23-30-50-21-22-51-30;1-3-2-4;2*1-2/h16-18,26-27,29-39,45-48H,1,19-24H2,2-15H3;2H,1H3,(H,3,4);2*1-2H3/b28-18+;;;/t29?,31?,32?,33?,34?,35-,36+,37?,38?,39?;;;/m1.../s1. The van der Waals surface area contributed by atoms with Crippen molar-refractivity contribution in [2.24, 2.45) is 5.92 Å². The van der Waals surface area contributed by atoms with E-state index < -0.39 is 95.7 Å². The number of carbonyl (C=O) groups excluding carboxylic acids is 2. The lowest BCUT2D eigenvalue weighted by Gasteiger charge is -2.50. The number of esters is 1. The summed E-state index contributed by atoms with van der Waals surface area (Å²) < 4.78 is 55.3. The summed E-state index contributed by atoms with van der Waals surface area (Å²) >= 11 is 0. The van der Waals surface area contributed by atoms with E-state index in [0.717, 1.165) is 5.57 Å². The fourth-order valence-corrected chi connectivity index (χ4v) is 7.26. The van der Waals surface area contributed by atoms with Gasteiger partial charge in [0, 0.05) is 13.5 Å². The van der Waals surface area contributed by atoms with Crippen molar-refractivity contribution in [3.8, 4) is 0 Å². The number of aliphatic hydroxyl groups is 4. The largest absolute Gasteiger partial charge is 0.459 e. The van der Waals surface area contributed by atoms with Gasteiger partial charge in [-0.15, -0.1) is 0 Å². The van der Waals surface area contributed by atoms with Crippen LogP contribution in [0.1, 0.15) is 137 Å². The van der Waals surface area contributed by atoms with Gasteiger partial charge < -0.3 is 68.4 Å². The lowest BCUT2D eigenvalue weighted by Crippen LogP contribution is -2.67. The Hall–Kier alpha value is -2.32. The maximum Gasteiger partial charge on any atom is 0.338 e. The quantitative estimate of drug-likeness (QED) is 0.0498. The maximum atomic E-state index is 13.8. The minimum atomic E-state index is -1.56. The van der Waals surface area contributed by atoms with Gasteiger partial charge in [0.2, 0.25) is 6.41 Å². The number of ether oxygens (including phenoxy) is 9. The fraction of sp³-hybridized carbons (Fsp3) is 0.840. The molecule has 0 saturated carbocycles. The third kappa shape index (κ3) is 20.0. The SMILES string of the molecule is C=C/C(=C\C=C(C)C)COC(=O)C1OC(C(C)(C)OC(C)C)C(O)C(O)[C@@H]1OC(C)(C)CCOC(C)(C)C1OC(CC2OCCO2)[C@@H](OC(C)(C)C(C)C)C(O)C1O.CC.CC.CNC=O. The molecule has 0 radical (unpaired) electrons. The predicted octanol–water partition coefficient (Wildman–Crippen LogP) is 6.14. The Morgan fingerprint density at radius 1 is 0.788 bits per heavy atom. The summed E-state index contributed by atoms with van der Waals surface area (Å²) in [7, 11) is 1.56. The Morgan fingerprint density at radius 2 is 1.30 bits per heavy atom. The third-order valence-electron chi connectivity index (χ3n) is 11.4. The van der Waals surface area contributed by atoms with E-state index in [9.17, 15) is 25.2 Å². The minimum Gasteiger partial charge on any atom is -0.459 e. The first-order valence-electron chi connectivity index (χ1n) is 23.8. The van der Waals surface area contributed by atoms with Crippen LogP contribution in [0.3, 0.4) is 0 Å². The Morgan fingerprint density at radius 3 is 1.77 bits per heavy atom. The van der Waals surface area contributed by atoms with Gasteiger partial charge in [-0.3, -0.25) is 4.79 Å². The number of nitrogens with one attached hydrogen (secondary N) is 1. The van der Waals surface area contributed by atoms with Gasteiger partial charge in [0.05, 0.1) is 54.4 Å². The monoisotopic (exact) mass is 948 g/mol. The molecule has 0 aromatic carbocycles. The summed E-state index contributed by atoms with van der Waals surface area (Å²) in [5, 5.41) is 48.3. The van der Waals surface area contributed by atoms with Gasteiger partial charge in [0.15, 0.2) is 12.4 Å². The van der Waals surface area contributed by atoms with Crippen molar-refractivity contribution in [1.29, 1.82) is 0 Å². The lowest BCUT2D eigenvalue weighted by atomic mass is 9.84. The topological polar surface area (TPSA) is 210 Å². The van der Waals surface area contributed by atoms with Gasteiger partial charge in [-0.2, -0.15) is 0 Å². The molecule has 3 fully saturated rings. The van der Waals surface area contributed by atoms with E-state index in [0.29, 0.717) is 25.2 Å². The zero-order valence-corrected chi connectivity index (χ0v) is 44.0. The lowest BCUT2D eigenvalue weighted by molar-refractivity contribution is -0.301. The molecule has 3 saturated heterocycles. The van der Waals surface area contributed by atoms with Crippen molar-refractivity contribution in [3.05, 3.63) is 36.0 Å². The van der Waals surface area contributed by atoms with Crippen LogP contribution in [0, 0.1) is 5.92 Å². The minimum absolute atomic E-state index is 0.0829. The summed E-state index contributed by atoms with van der Waals surface area (Å²) in [5.74, 6) is -0.680. The van der Waals surface area contributed by atoms with Gasteiger partial charge in [-0.25, -0.2) is 4.79 Å². The van der Waals surface area contributed by atoms with E-state index in [1.165, 1.54) is 0 Å². The third-order valence-corrected chi connectivity index (χ3v) is 11.4. The van der Waals surface area contributed by atoms with Gasteiger partial charge in [-0.05, 0) is 101 Å². The first-order valence-corrected chi connectivity index (χ1v) is 23.8. The average Bonchev–Trinajstić information content (AvgIpc) is 3.76. The van der Waals surface area contributed by atoms with Gasteiger partial charge in [0.25, 0.3) is 0 Å². The molecule has 1 amide bonds. The predicted molar refractivity (Wildman–Crippen MR) is 256 cm³/mol. The number of hydrogen-bond acceptors (Lipinski definition) is 15. The maximum absolute atomic E-state index is 13.8. The second-order valence-electron chi connectivity index (χ2n) is 19.3. The number of hydrogen-bond donors (Lipinski definition) is 5. The Labute approximate surface area is 398 Å². The second kappa shape index (κ2) is 29.7. The molecule has 0 aliphatic carbocycles. The molecule has 0 spiro atoms. The molecule has 16 heteroatoms. The van der Waals surface area contributed by atoms with Crippen LogP contribution in [0.15, 0.2) is 36.0 Å². The van der Waals surface area contributed by atoms with Crippen LogP contribution in [0.4, 0.5) is 0 Å². The van der Waals surface area contributed by atoms with Crippen LogP contribution in [-0.2, 0) is 52.2 Å². The molecule has 3 rings (SSSR count). The molecule has 10 atom stereocenters. The zero-order valence-electron chi connectivity index (χ0n) is 44.0. The Bertz CT molecular complexity index is 1450. The van der Waals surface area contributed by atoms with Crippen LogP contribution in [-0.4, -0.2) is 162 Å². The normalized spacial score (nSPS) is 27.6. The molecule has 0 bridgehead atoms. The first kappa shape index (κ1) is 63.7. The highest BCUT2D eigenvalue weighted by Gasteiger charge is 2.56.